The van der Waals surface area contributed by atoms with E-state index in [0.29, 0.717) is 26.2 Å². The van der Waals surface area contributed by atoms with Crippen LogP contribution in [-0.2, 0) is 14.9 Å². The van der Waals surface area contributed by atoms with Crippen molar-refractivity contribution >= 4 is 10.2 Å². The molecule has 2 rings (SSSR count). The average molecular weight is 372 g/mol. The Labute approximate surface area is 151 Å². The van der Waals surface area contributed by atoms with Crippen molar-refractivity contribution in [2.24, 2.45) is 0 Å². The fraction of sp³-hybridized carbons (Fsp3) is 0.647. The molecule has 0 aromatic heterocycles. The Bertz CT molecular complexity index is 659. The van der Waals surface area contributed by atoms with Crippen molar-refractivity contribution in [3.63, 3.8) is 0 Å². The van der Waals surface area contributed by atoms with Gasteiger partial charge in [-0.25, -0.2) is 0 Å². The zero-order chi connectivity index (χ0) is 18.7. The molecule has 0 saturated carbocycles. The van der Waals surface area contributed by atoms with Gasteiger partial charge in [-0.15, -0.1) is 0 Å². The van der Waals surface area contributed by atoms with E-state index in [1.807, 2.05) is 57.1 Å². The minimum Gasteiger partial charge on any atom is -0.497 e. The van der Waals surface area contributed by atoms with Gasteiger partial charge in [0.1, 0.15) is 5.75 Å². The van der Waals surface area contributed by atoms with E-state index in [0.717, 1.165) is 11.3 Å². The van der Waals surface area contributed by atoms with E-state index < -0.39 is 15.8 Å². The lowest BCUT2D eigenvalue weighted by molar-refractivity contribution is -0.0643. The third-order valence-electron chi connectivity index (χ3n) is 4.09. The normalized spacial score (nSPS) is 19.8. The quantitative estimate of drug-likeness (QED) is 0.781. The highest BCUT2D eigenvalue weighted by Gasteiger charge is 2.35. The summed E-state index contributed by atoms with van der Waals surface area (Å²) in [6, 6.07) is 7.10. The van der Waals surface area contributed by atoms with Crippen LogP contribution in [0, 0.1) is 0 Å². The highest BCUT2D eigenvalue weighted by Crippen LogP contribution is 2.22. The molecule has 1 N–H and O–H groups in total. The summed E-state index contributed by atoms with van der Waals surface area (Å²) < 4.78 is 40.9. The summed E-state index contributed by atoms with van der Waals surface area (Å²) in [6.45, 7) is 5.44. The largest absolute Gasteiger partial charge is 0.497 e. The Kier molecular flexibility index (Phi) is 6.45. The van der Waals surface area contributed by atoms with Crippen LogP contribution in [0.1, 0.15) is 25.5 Å². The second-order valence-electron chi connectivity index (χ2n) is 7.15. The van der Waals surface area contributed by atoms with Crippen LogP contribution in [-0.4, -0.2) is 70.7 Å². The molecule has 8 heteroatoms. The number of ether oxygens (including phenoxy) is 2. The molecule has 1 aliphatic rings. The lowest BCUT2D eigenvalue weighted by atomic mass is 10.1. The fourth-order valence-electron chi connectivity index (χ4n) is 2.84. The predicted octanol–water partition coefficient (Wildman–Crippen LogP) is 1.24. The fourth-order valence-corrected chi connectivity index (χ4v) is 4.36. The van der Waals surface area contributed by atoms with Gasteiger partial charge < -0.3 is 14.4 Å². The topological polar surface area (TPSA) is 71.1 Å². The second kappa shape index (κ2) is 8.01. The first-order chi connectivity index (χ1) is 11.6. The van der Waals surface area contributed by atoms with E-state index in [1.165, 1.54) is 4.31 Å². The third kappa shape index (κ3) is 5.65. The number of likely N-dealkylation sites (N-methyl/N-ethyl adjacent to an activating group) is 1. The molecule has 0 amide bonds. The van der Waals surface area contributed by atoms with Gasteiger partial charge >= 0.3 is 0 Å². The van der Waals surface area contributed by atoms with Gasteiger partial charge in [-0.1, -0.05) is 12.1 Å². The molecule has 1 heterocycles. The van der Waals surface area contributed by atoms with Gasteiger partial charge in [0.25, 0.3) is 10.2 Å². The van der Waals surface area contributed by atoms with Crippen LogP contribution in [0.2, 0.25) is 0 Å². The van der Waals surface area contributed by atoms with Crippen LogP contribution in [0.5, 0.6) is 5.75 Å². The summed E-state index contributed by atoms with van der Waals surface area (Å²) in [5, 5.41) is 0. The Hall–Kier alpha value is -1.19. The van der Waals surface area contributed by atoms with Gasteiger partial charge in [-0.05, 0) is 45.6 Å². The highest BCUT2D eigenvalue weighted by molar-refractivity contribution is 7.87. The van der Waals surface area contributed by atoms with Crippen LogP contribution in [0.4, 0.5) is 0 Å². The molecule has 1 aromatic rings. The van der Waals surface area contributed by atoms with Crippen molar-refractivity contribution in [3.05, 3.63) is 29.8 Å². The lowest BCUT2D eigenvalue weighted by Gasteiger charge is -2.38. The monoisotopic (exact) mass is 371 g/mol. The first-order valence-electron chi connectivity index (χ1n) is 8.33. The molecular weight excluding hydrogens is 342 g/mol. The van der Waals surface area contributed by atoms with Crippen molar-refractivity contribution in [2.45, 2.75) is 25.5 Å². The van der Waals surface area contributed by atoms with Crippen molar-refractivity contribution in [3.8, 4) is 5.75 Å². The average Bonchev–Trinajstić information content (AvgIpc) is 2.53. The number of nitrogens with one attached hydrogen (secondary N) is 1. The van der Waals surface area contributed by atoms with E-state index >= 15 is 0 Å². The molecule has 0 spiro atoms. The molecule has 1 atom stereocenters. The van der Waals surface area contributed by atoms with Crippen LogP contribution < -0.4 is 9.46 Å². The summed E-state index contributed by atoms with van der Waals surface area (Å²) >= 11 is 0. The Morgan fingerprint density at radius 2 is 1.96 bits per heavy atom. The number of methoxy groups -OCH3 is 1. The molecule has 7 nitrogen and oxygen atoms in total. The standard InChI is InChI=1S/C17H29N3O4S/c1-17(2)13-20(10-11-24-17)25(21,22)18-16(12-19(3)4)14-6-8-15(23-5)9-7-14/h6-9,16,18H,10-13H2,1-5H3. The highest BCUT2D eigenvalue weighted by atomic mass is 32.2. The molecule has 0 bridgehead atoms. The van der Waals surface area contributed by atoms with E-state index in [2.05, 4.69) is 4.72 Å². The number of hydrogen-bond acceptors (Lipinski definition) is 5. The van der Waals surface area contributed by atoms with Gasteiger partial charge in [-0.2, -0.15) is 17.4 Å². The maximum Gasteiger partial charge on any atom is 0.280 e. The van der Waals surface area contributed by atoms with Gasteiger partial charge in [0.2, 0.25) is 0 Å². The van der Waals surface area contributed by atoms with E-state index in [4.69, 9.17) is 9.47 Å². The molecule has 25 heavy (non-hydrogen) atoms. The SMILES string of the molecule is COc1ccc(C(CN(C)C)NS(=O)(=O)N2CCOC(C)(C)C2)cc1. The summed E-state index contributed by atoms with van der Waals surface area (Å²) in [5.74, 6) is 0.741. The predicted molar refractivity (Wildman–Crippen MR) is 97.9 cm³/mol. The number of nitrogens with zero attached hydrogens (tertiary/aromatic N) is 2. The zero-order valence-corrected chi connectivity index (χ0v) is 16.5. The number of benzene rings is 1. The van der Waals surface area contributed by atoms with Gasteiger partial charge in [0, 0.05) is 19.6 Å². The number of rotatable bonds is 7. The third-order valence-corrected chi connectivity index (χ3v) is 5.66. The molecule has 1 unspecified atom stereocenters. The Balaban J connectivity index is 2.19. The van der Waals surface area contributed by atoms with Crippen molar-refractivity contribution in [1.29, 1.82) is 0 Å². The van der Waals surface area contributed by atoms with Gasteiger partial charge in [0.15, 0.2) is 0 Å². The molecule has 142 valence electrons. The smallest absolute Gasteiger partial charge is 0.280 e. The van der Waals surface area contributed by atoms with E-state index in [9.17, 15) is 8.42 Å². The summed E-state index contributed by atoms with van der Waals surface area (Å²) in [5.41, 5.74) is 0.412. The lowest BCUT2D eigenvalue weighted by Crippen LogP contribution is -2.54. The van der Waals surface area contributed by atoms with Crippen LogP contribution in [0.25, 0.3) is 0 Å². The molecule has 1 saturated heterocycles. The summed E-state index contributed by atoms with van der Waals surface area (Å²) in [7, 11) is 1.83. The Morgan fingerprint density at radius 3 is 2.48 bits per heavy atom. The molecule has 1 aliphatic heterocycles. The molecular formula is C17H29N3O4S. The van der Waals surface area contributed by atoms with E-state index in [-0.39, 0.29) is 6.04 Å². The van der Waals surface area contributed by atoms with Gasteiger partial charge in [-0.3, -0.25) is 0 Å². The van der Waals surface area contributed by atoms with Crippen molar-refractivity contribution in [1.82, 2.24) is 13.9 Å². The maximum absolute atomic E-state index is 12.9. The Morgan fingerprint density at radius 1 is 1.32 bits per heavy atom. The molecule has 0 aliphatic carbocycles. The summed E-state index contributed by atoms with van der Waals surface area (Å²) in [6.07, 6.45) is 0. The number of hydrogen-bond donors (Lipinski definition) is 1. The van der Waals surface area contributed by atoms with Gasteiger partial charge in [0.05, 0.1) is 25.4 Å². The molecule has 0 radical (unpaired) electrons. The summed E-state index contributed by atoms with van der Waals surface area (Å²) in [4.78, 5) is 1.96. The minimum atomic E-state index is -3.62. The first kappa shape index (κ1) is 20.1. The maximum atomic E-state index is 12.9. The van der Waals surface area contributed by atoms with Crippen LogP contribution in [0.3, 0.4) is 0 Å². The van der Waals surface area contributed by atoms with Crippen LogP contribution >= 0.6 is 0 Å². The number of morpholine rings is 1. The molecule has 1 aromatic carbocycles. The van der Waals surface area contributed by atoms with Crippen molar-refractivity contribution < 1.29 is 17.9 Å². The second-order valence-corrected chi connectivity index (χ2v) is 8.85. The minimum absolute atomic E-state index is 0.333. The molecule has 1 fully saturated rings. The van der Waals surface area contributed by atoms with E-state index in [1.54, 1.807) is 7.11 Å². The zero-order valence-electron chi connectivity index (χ0n) is 15.7. The first-order valence-corrected chi connectivity index (χ1v) is 9.77. The van der Waals surface area contributed by atoms with Crippen molar-refractivity contribution in [2.75, 3.05) is 47.4 Å². The van der Waals surface area contributed by atoms with Crippen LogP contribution in [0.15, 0.2) is 24.3 Å².